The van der Waals surface area contributed by atoms with Gasteiger partial charge in [-0.15, -0.1) is 0 Å². The molecule has 0 aliphatic rings. The van der Waals surface area contributed by atoms with Crippen LogP contribution in [0.3, 0.4) is 0 Å². The van der Waals surface area contributed by atoms with Crippen molar-refractivity contribution in [2.45, 2.75) is 19.4 Å². The quantitative estimate of drug-likeness (QED) is 0.842. The summed E-state index contributed by atoms with van der Waals surface area (Å²) in [4.78, 5) is 23.0. The molecule has 0 aliphatic carbocycles. The number of halogens is 1. The maximum absolute atomic E-state index is 11.6. The van der Waals surface area contributed by atoms with Crippen LogP contribution in [0, 0.1) is 0 Å². The Bertz CT molecular complexity index is 433. The van der Waals surface area contributed by atoms with E-state index >= 15 is 0 Å². The van der Waals surface area contributed by atoms with Crippen LogP contribution in [0.1, 0.15) is 12.5 Å². The van der Waals surface area contributed by atoms with Gasteiger partial charge in [-0.2, -0.15) is 0 Å². The normalized spacial score (nSPS) is 11.5. The zero-order chi connectivity index (χ0) is 14.3. The van der Waals surface area contributed by atoms with Gasteiger partial charge < -0.3 is 14.8 Å². The molecule has 0 aliphatic heterocycles. The van der Waals surface area contributed by atoms with Crippen molar-refractivity contribution in [3.05, 3.63) is 34.9 Å². The van der Waals surface area contributed by atoms with E-state index in [2.05, 4.69) is 10.1 Å². The fraction of sp³-hybridized carbons (Fsp3) is 0.385. The highest BCUT2D eigenvalue weighted by Crippen LogP contribution is 2.11. The molecule has 1 unspecified atom stereocenters. The molecule has 1 rings (SSSR count). The molecule has 6 heteroatoms. The number of alkyl carbamates (subject to hydrolysis) is 1. The Hall–Kier alpha value is -1.75. The summed E-state index contributed by atoms with van der Waals surface area (Å²) in [5.74, 6) is -0.525. The minimum absolute atomic E-state index is 0.237. The minimum atomic E-state index is -0.787. The highest BCUT2D eigenvalue weighted by molar-refractivity contribution is 6.30. The molecule has 0 aromatic heterocycles. The highest BCUT2D eigenvalue weighted by atomic mass is 35.5. The molecule has 0 saturated carbocycles. The van der Waals surface area contributed by atoms with Crippen LogP contribution in [0.4, 0.5) is 4.79 Å². The number of carbonyl (C=O) groups excluding carboxylic acids is 2. The summed E-state index contributed by atoms with van der Waals surface area (Å²) in [5.41, 5.74) is 0.858. The van der Waals surface area contributed by atoms with Gasteiger partial charge in [0.1, 0.15) is 6.04 Å². The third kappa shape index (κ3) is 5.18. The monoisotopic (exact) mass is 285 g/mol. The van der Waals surface area contributed by atoms with Gasteiger partial charge in [-0.1, -0.05) is 23.7 Å². The van der Waals surface area contributed by atoms with Gasteiger partial charge in [-0.3, -0.25) is 0 Å². The lowest BCUT2D eigenvalue weighted by Crippen LogP contribution is -2.43. The van der Waals surface area contributed by atoms with Gasteiger partial charge in [0.15, 0.2) is 0 Å². The van der Waals surface area contributed by atoms with Crippen LogP contribution >= 0.6 is 11.6 Å². The lowest BCUT2D eigenvalue weighted by molar-refractivity contribution is -0.142. The van der Waals surface area contributed by atoms with Gasteiger partial charge in [-0.05, 0) is 24.6 Å². The Kier molecular flexibility index (Phi) is 6.15. The number of benzene rings is 1. The molecule has 1 atom stereocenters. The maximum atomic E-state index is 11.6. The number of hydrogen-bond acceptors (Lipinski definition) is 4. The second kappa shape index (κ2) is 7.63. The molecule has 19 heavy (non-hydrogen) atoms. The summed E-state index contributed by atoms with van der Waals surface area (Å²) >= 11 is 5.78. The van der Waals surface area contributed by atoms with Crippen LogP contribution in [0.2, 0.25) is 5.02 Å². The topological polar surface area (TPSA) is 64.6 Å². The van der Waals surface area contributed by atoms with E-state index in [4.69, 9.17) is 16.3 Å². The number of nitrogens with one attached hydrogen (secondary N) is 1. The van der Waals surface area contributed by atoms with Crippen LogP contribution in [0.25, 0.3) is 0 Å². The maximum Gasteiger partial charge on any atom is 0.407 e. The standard InChI is InChI=1S/C13H16ClNO4/c1-3-19-13(17)15-11(12(16)18-2)8-9-4-6-10(14)7-5-9/h4-7,11H,3,8H2,1-2H3,(H,15,17). The van der Waals surface area contributed by atoms with E-state index in [1.165, 1.54) is 7.11 Å². The van der Waals surface area contributed by atoms with E-state index in [1.807, 2.05) is 0 Å². The van der Waals surface area contributed by atoms with E-state index in [1.54, 1.807) is 31.2 Å². The highest BCUT2D eigenvalue weighted by Gasteiger charge is 2.22. The lowest BCUT2D eigenvalue weighted by atomic mass is 10.1. The Morgan fingerprint density at radius 2 is 1.95 bits per heavy atom. The van der Waals surface area contributed by atoms with Gasteiger partial charge in [0, 0.05) is 11.4 Å². The van der Waals surface area contributed by atoms with Gasteiger partial charge in [0.2, 0.25) is 0 Å². The van der Waals surface area contributed by atoms with Crippen molar-refractivity contribution < 1.29 is 19.1 Å². The number of methoxy groups -OCH3 is 1. The molecule has 5 nitrogen and oxygen atoms in total. The zero-order valence-electron chi connectivity index (χ0n) is 10.8. The Balaban J connectivity index is 2.71. The molecule has 1 aromatic carbocycles. The van der Waals surface area contributed by atoms with E-state index < -0.39 is 18.1 Å². The van der Waals surface area contributed by atoms with Gasteiger partial charge in [0.05, 0.1) is 13.7 Å². The van der Waals surface area contributed by atoms with Crippen molar-refractivity contribution in [3.8, 4) is 0 Å². The molecule has 0 saturated heterocycles. The first-order chi connectivity index (χ1) is 9.06. The molecule has 1 amide bonds. The minimum Gasteiger partial charge on any atom is -0.467 e. The summed E-state index contributed by atoms with van der Waals surface area (Å²) in [7, 11) is 1.27. The second-order valence-corrected chi connectivity index (χ2v) is 4.21. The molecule has 0 fully saturated rings. The molecule has 0 bridgehead atoms. The third-order valence-corrected chi connectivity index (χ3v) is 2.66. The summed E-state index contributed by atoms with van der Waals surface area (Å²) in [6, 6.07) is 6.21. The summed E-state index contributed by atoms with van der Waals surface area (Å²) < 4.78 is 9.40. The predicted octanol–water partition coefficient (Wildman–Crippen LogP) is 2.17. The fourth-order valence-electron chi connectivity index (χ4n) is 1.51. The van der Waals surface area contributed by atoms with E-state index in [9.17, 15) is 9.59 Å². The first-order valence-electron chi connectivity index (χ1n) is 5.82. The fourth-order valence-corrected chi connectivity index (χ4v) is 1.63. The van der Waals surface area contributed by atoms with Crippen molar-refractivity contribution >= 4 is 23.7 Å². The van der Waals surface area contributed by atoms with Crippen molar-refractivity contribution in [2.75, 3.05) is 13.7 Å². The summed E-state index contributed by atoms with van der Waals surface area (Å²) in [6.45, 7) is 1.92. The second-order valence-electron chi connectivity index (χ2n) is 3.77. The summed E-state index contributed by atoms with van der Waals surface area (Å²) in [5, 5.41) is 3.07. The van der Waals surface area contributed by atoms with Crippen LogP contribution < -0.4 is 5.32 Å². The number of esters is 1. The first kappa shape index (κ1) is 15.3. The average Bonchev–Trinajstić information content (AvgIpc) is 2.40. The number of rotatable bonds is 5. The van der Waals surface area contributed by atoms with Gasteiger partial charge >= 0.3 is 12.1 Å². The van der Waals surface area contributed by atoms with E-state index in [-0.39, 0.29) is 6.61 Å². The molecule has 1 N–H and O–H groups in total. The van der Waals surface area contributed by atoms with Crippen LogP contribution in [-0.2, 0) is 20.7 Å². The molecule has 0 spiro atoms. The van der Waals surface area contributed by atoms with Crippen molar-refractivity contribution in [1.29, 1.82) is 0 Å². The number of hydrogen-bond donors (Lipinski definition) is 1. The molecule has 0 radical (unpaired) electrons. The van der Waals surface area contributed by atoms with Crippen molar-refractivity contribution in [3.63, 3.8) is 0 Å². The number of amides is 1. The smallest absolute Gasteiger partial charge is 0.407 e. The van der Waals surface area contributed by atoms with Crippen LogP contribution in [0.5, 0.6) is 0 Å². The zero-order valence-corrected chi connectivity index (χ0v) is 11.6. The van der Waals surface area contributed by atoms with Crippen LogP contribution in [-0.4, -0.2) is 31.8 Å². The van der Waals surface area contributed by atoms with E-state index in [0.717, 1.165) is 5.56 Å². The molecule has 104 valence electrons. The van der Waals surface area contributed by atoms with E-state index in [0.29, 0.717) is 11.4 Å². The molecular weight excluding hydrogens is 270 g/mol. The lowest BCUT2D eigenvalue weighted by Gasteiger charge is -2.16. The first-order valence-corrected chi connectivity index (χ1v) is 6.20. The third-order valence-electron chi connectivity index (χ3n) is 2.41. The number of ether oxygens (including phenoxy) is 2. The predicted molar refractivity (Wildman–Crippen MR) is 71.1 cm³/mol. The molecular formula is C13H16ClNO4. The van der Waals surface area contributed by atoms with Crippen LogP contribution in [0.15, 0.2) is 24.3 Å². The van der Waals surface area contributed by atoms with Crippen molar-refractivity contribution in [1.82, 2.24) is 5.32 Å². The van der Waals surface area contributed by atoms with Crippen molar-refractivity contribution in [2.24, 2.45) is 0 Å². The number of carbonyl (C=O) groups is 2. The Labute approximate surface area is 116 Å². The van der Waals surface area contributed by atoms with Gasteiger partial charge in [-0.25, -0.2) is 9.59 Å². The Morgan fingerprint density at radius 1 is 1.32 bits per heavy atom. The largest absolute Gasteiger partial charge is 0.467 e. The SMILES string of the molecule is CCOC(=O)NC(Cc1ccc(Cl)cc1)C(=O)OC. The Morgan fingerprint density at radius 3 is 2.47 bits per heavy atom. The average molecular weight is 286 g/mol. The molecule has 0 heterocycles. The van der Waals surface area contributed by atoms with Gasteiger partial charge in [0.25, 0.3) is 0 Å². The summed E-state index contributed by atoms with van der Waals surface area (Å²) in [6.07, 6.45) is -0.338. The molecule has 1 aromatic rings.